The highest BCUT2D eigenvalue weighted by molar-refractivity contribution is 7.78. The van der Waals surface area contributed by atoms with Crippen LogP contribution in [0.5, 0.6) is 0 Å². The van der Waals surface area contributed by atoms with Crippen molar-refractivity contribution in [3.05, 3.63) is 34.4 Å². The molecule has 1 unspecified atom stereocenters. The monoisotopic (exact) mass is 364 g/mol. The van der Waals surface area contributed by atoms with Gasteiger partial charge in [-0.3, -0.25) is 14.2 Å². The van der Waals surface area contributed by atoms with Gasteiger partial charge in [0.1, 0.15) is 0 Å². The average molecular weight is 364 g/mol. The summed E-state index contributed by atoms with van der Waals surface area (Å²) in [4.78, 5) is 25.6. The lowest BCUT2D eigenvalue weighted by Gasteiger charge is -2.30. The third-order valence-electron chi connectivity index (χ3n) is 4.93. The van der Waals surface area contributed by atoms with E-state index in [1.807, 2.05) is 32.9 Å². The van der Waals surface area contributed by atoms with Crippen LogP contribution in [0.15, 0.2) is 12.1 Å². The second-order valence-electron chi connectivity index (χ2n) is 7.53. The fraction of sp³-hybridized carbons (Fsp3) is 0.600. The summed E-state index contributed by atoms with van der Waals surface area (Å²) in [5.41, 5.74) is 2.26. The summed E-state index contributed by atoms with van der Waals surface area (Å²) >= 11 is 0. The van der Waals surface area contributed by atoms with Crippen LogP contribution in [0.3, 0.4) is 0 Å². The number of aryl methyl sites for hydroxylation is 3. The van der Waals surface area contributed by atoms with Gasteiger partial charge in [-0.1, -0.05) is 50.8 Å². The zero-order chi connectivity index (χ0) is 18.8. The number of carbonyl (C=O) groups excluding carboxylic acids is 2. The van der Waals surface area contributed by atoms with Crippen molar-refractivity contribution in [1.82, 2.24) is 0 Å². The molecule has 4 nitrogen and oxygen atoms in total. The minimum atomic E-state index is -3.78. The normalized spacial score (nSPS) is 18.0. The van der Waals surface area contributed by atoms with E-state index in [0.717, 1.165) is 36.0 Å². The first-order chi connectivity index (χ1) is 11.7. The maximum atomic E-state index is 13.8. The Balaban J connectivity index is 2.49. The Morgan fingerprint density at radius 3 is 2.04 bits per heavy atom. The lowest BCUT2D eigenvalue weighted by atomic mass is 10.0. The molecule has 0 saturated heterocycles. The molecular formula is C20H29O4P. The molecule has 0 aliphatic heterocycles. The van der Waals surface area contributed by atoms with E-state index < -0.39 is 24.8 Å². The largest absolute Gasteiger partial charge is 0.405 e. The average Bonchev–Trinajstić information content (AvgIpc) is 2.54. The van der Waals surface area contributed by atoms with Gasteiger partial charge >= 0.3 is 13.3 Å². The van der Waals surface area contributed by atoms with Gasteiger partial charge < -0.3 is 4.52 Å². The fourth-order valence-corrected chi connectivity index (χ4v) is 6.37. The number of rotatable bonds is 5. The molecule has 0 amide bonds. The zero-order valence-electron chi connectivity index (χ0n) is 15.9. The summed E-state index contributed by atoms with van der Waals surface area (Å²) in [6.07, 6.45) is 4.28. The lowest BCUT2D eigenvalue weighted by Crippen LogP contribution is -2.24. The molecule has 0 bridgehead atoms. The SMILES string of the molecule is Cc1cc(C)c(C(=O)P(=O)(OC(=O)C(C)C)C2CCCCC2)c(C)c1. The molecule has 0 spiro atoms. The summed E-state index contributed by atoms with van der Waals surface area (Å²) in [7, 11) is -3.78. The van der Waals surface area contributed by atoms with Gasteiger partial charge in [-0.25, -0.2) is 0 Å². The quantitative estimate of drug-likeness (QED) is 0.642. The third kappa shape index (κ3) is 4.23. The van der Waals surface area contributed by atoms with Gasteiger partial charge in [-0.2, -0.15) is 0 Å². The van der Waals surface area contributed by atoms with Gasteiger partial charge in [0, 0.05) is 5.56 Å². The van der Waals surface area contributed by atoms with E-state index in [1.54, 1.807) is 13.8 Å². The van der Waals surface area contributed by atoms with Crippen molar-refractivity contribution in [2.75, 3.05) is 0 Å². The smallest absolute Gasteiger partial charge is 0.321 e. The topological polar surface area (TPSA) is 60.4 Å². The molecule has 1 aliphatic carbocycles. The first-order valence-corrected chi connectivity index (χ1v) is 10.8. The van der Waals surface area contributed by atoms with E-state index in [1.165, 1.54) is 0 Å². The fourth-order valence-electron chi connectivity index (χ4n) is 3.62. The maximum absolute atomic E-state index is 13.8. The second-order valence-corrected chi connectivity index (χ2v) is 10.0. The predicted molar refractivity (Wildman–Crippen MR) is 100 cm³/mol. The Morgan fingerprint density at radius 1 is 1.04 bits per heavy atom. The van der Waals surface area contributed by atoms with Crippen LogP contribution in [-0.2, 0) is 13.9 Å². The predicted octanol–water partition coefficient (Wildman–Crippen LogP) is 5.56. The molecule has 1 saturated carbocycles. The van der Waals surface area contributed by atoms with Crippen LogP contribution in [0.4, 0.5) is 0 Å². The van der Waals surface area contributed by atoms with Crippen molar-refractivity contribution < 1.29 is 18.7 Å². The first kappa shape index (κ1) is 19.9. The molecule has 1 aliphatic rings. The van der Waals surface area contributed by atoms with Crippen LogP contribution in [0.25, 0.3) is 0 Å². The molecule has 1 fully saturated rings. The Hall–Kier alpha value is -1.41. The highest BCUT2D eigenvalue weighted by Crippen LogP contribution is 2.59. The van der Waals surface area contributed by atoms with Gasteiger partial charge in [0.2, 0.25) is 0 Å². The molecule has 0 radical (unpaired) electrons. The standard InChI is InChI=1S/C20H29O4P/c1-13(2)19(21)24-25(23,17-9-7-6-8-10-17)20(22)18-15(4)11-14(3)12-16(18)5/h11-13,17H,6-10H2,1-5H3. The van der Waals surface area contributed by atoms with Crippen LogP contribution >= 0.6 is 7.37 Å². The number of hydrogen-bond donors (Lipinski definition) is 0. The van der Waals surface area contributed by atoms with E-state index in [4.69, 9.17) is 4.52 Å². The number of carbonyl (C=O) groups is 2. The van der Waals surface area contributed by atoms with Crippen molar-refractivity contribution in [3.63, 3.8) is 0 Å². The minimum absolute atomic E-state index is 0.350. The van der Waals surface area contributed by atoms with E-state index >= 15 is 0 Å². The molecule has 2 rings (SSSR count). The second kappa shape index (κ2) is 7.86. The van der Waals surface area contributed by atoms with Gasteiger partial charge in [0.05, 0.1) is 11.6 Å². The van der Waals surface area contributed by atoms with Crippen LogP contribution in [0, 0.1) is 26.7 Å². The molecule has 0 N–H and O–H groups in total. The molecular weight excluding hydrogens is 335 g/mol. The van der Waals surface area contributed by atoms with Crippen LogP contribution in [0.2, 0.25) is 0 Å². The van der Waals surface area contributed by atoms with Crippen LogP contribution < -0.4 is 0 Å². The molecule has 1 atom stereocenters. The van der Waals surface area contributed by atoms with Gasteiger partial charge in [0.25, 0.3) is 5.52 Å². The Kier molecular flexibility index (Phi) is 6.26. The van der Waals surface area contributed by atoms with Crippen LogP contribution in [0.1, 0.15) is 73.0 Å². The first-order valence-electron chi connectivity index (χ1n) is 9.12. The van der Waals surface area contributed by atoms with Crippen molar-refractivity contribution in [1.29, 1.82) is 0 Å². The van der Waals surface area contributed by atoms with Crippen molar-refractivity contribution in [2.45, 2.75) is 72.4 Å². The molecule has 1 aromatic rings. The van der Waals surface area contributed by atoms with Crippen molar-refractivity contribution in [3.8, 4) is 0 Å². The lowest BCUT2D eigenvalue weighted by molar-refractivity contribution is -0.137. The number of hydrogen-bond acceptors (Lipinski definition) is 4. The maximum Gasteiger partial charge on any atom is 0.321 e. The summed E-state index contributed by atoms with van der Waals surface area (Å²) in [6, 6.07) is 3.82. The molecule has 5 heteroatoms. The zero-order valence-corrected chi connectivity index (χ0v) is 16.8. The molecule has 25 heavy (non-hydrogen) atoms. The molecule has 1 aromatic carbocycles. The van der Waals surface area contributed by atoms with Crippen molar-refractivity contribution in [2.24, 2.45) is 5.92 Å². The molecule has 0 heterocycles. The minimum Gasteiger partial charge on any atom is -0.405 e. The van der Waals surface area contributed by atoms with E-state index in [9.17, 15) is 14.2 Å². The van der Waals surface area contributed by atoms with E-state index in [-0.39, 0.29) is 5.66 Å². The third-order valence-corrected chi connectivity index (χ3v) is 7.65. The summed E-state index contributed by atoms with van der Waals surface area (Å²) in [5, 5.41) is 0. The Bertz CT molecular complexity index is 691. The van der Waals surface area contributed by atoms with E-state index in [2.05, 4.69) is 0 Å². The molecule has 138 valence electrons. The Labute approximate surface area is 150 Å². The van der Waals surface area contributed by atoms with Crippen LogP contribution in [-0.4, -0.2) is 17.2 Å². The molecule has 0 aromatic heterocycles. The highest BCUT2D eigenvalue weighted by atomic mass is 31.2. The van der Waals surface area contributed by atoms with Gasteiger partial charge in [0.15, 0.2) is 0 Å². The van der Waals surface area contributed by atoms with E-state index in [0.29, 0.717) is 18.4 Å². The highest BCUT2D eigenvalue weighted by Gasteiger charge is 2.46. The summed E-state index contributed by atoms with van der Waals surface area (Å²) in [6.45, 7) is 9.06. The van der Waals surface area contributed by atoms with Crippen molar-refractivity contribution >= 4 is 18.9 Å². The number of benzene rings is 1. The Morgan fingerprint density at radius 2 is 1.56 bits per heavy atom. The summed E-state index contributed by atoms with van der Waals surface area (Å²) < 4.78 is 19.2. The summed E-state index contributed by atoms with van der Waals surface area (Å²) in [5.74, 6) is -0.963. The van der Waals surface area contributed by atoms with Gasteiger partial charge in [-0.15, -0.1) is 0 Å². The van der Waals surface area contributed by atoms with Gasteiger partial charge in [-0.05, 0) is 44.7 Å².